The van der Waals surface area contributed by atoms with Crippen molar-refractivity contribution in [3.05, 3.63) is 90.6 Å². The van der Waals surface area contributed by atoms with Gasteiger partial charge in [0.2, 0.25) is 0 Å². The Morgan fingerprint density at radius 1 is 0.967 bits per heavy atom. The van der Waals surface area contributed by atoms with Crippen molar-refractivity contribution < 1.29 is 14.2 Å². The Labute approximate surface area is 204 Å². The van der Waals surface area contributed by atoms with Gasteiger partial charge >= 0.3 is 0 Å². The van der Waals surface area contributed by atoms with Gasteiger partial charge in [-0.25, -0.2) is 0 Å². The lowest BCUT2D eigenvalue weighted by molar-refractivity contribution is 0.0873. The van der Waals surface area contributed by atoms with Crippen LogP contribution in [0, 0.1) is 7.14 Å². The molecule has 1 saturated heterocycles. The van der Waals surface area contributed by atoms with Gasteiger partial charge in [-0.2, -0.15) is 0 Å². The van der Waals surface area contributed by atoms with Crippen LogP contribution in [0.15, 0.2) is 66.7 Å². The Morgan fingerprint density at radius 3 is 2.50 bits per heavy atom. The zero-order valence-corrected chi connectivity index (χ0v) is 21.0. The molecule has 1 heterocycles. The molecule has 1 unspecified atom stereocenters. The zero-order chi connectivity index (χ0) is 20.9. The molecule has 3 aromatic rings. The van der Waals surface area contributed by atoms with E-state index >= 15 is 0 Å². The van der Waals surface area contributed by atoms with Gasteiger partial charge in [0.05, 0.1) is 13.2 Å². The first-order valence-electron chi connectivity index (χ1n) is 9.75. The molecular formula is C24H23I2NO3. The van der Waals surface area contributed by atoms with Crippen molar-refractivity contribution in [3.63, 3.8) is 0 Å². The van der Waals surface area contributed by atoms with Gasteiger partial charge in [0.15, 0.2) is 11.5 Å². The maximum absolute atomic E-state index is 6.16. The summed E-state index contributed by atoms with van der Waals surface area (Å²) in [5.74, 6) is 1.49. The summed E-state index contributed by atoms with van der Waals surface area (Å²) in [7, 11) is 1.68. The molecule has 156 valence electrons. The lowest BCUT2D eigenvalue weighted by Gasteiger charge is -2.18. The second-order valence-corrected chi connectivity index (χ2v) is 9.51. The predicted molar refractivity (Wildman–Crippen MR) is 135 cm³/mol. The molecule has 30 heavy (non-hydrogen) atoms. The average Bonchev–Trinajstić information content (AvgIpc) is 3.23. The van der Waals surface area contributed by atoms with Gasteiger partial charge in [0.1, 0.15) is 13.3 Å². The van der Waals surface area contributed by atoms with E-state index in [4.69, 9.17) is 14.2 Å². The highest BCUT2D eigenvalue weighted by Crippen LogP contribution is 2.37. The number of benzene rings is 3. The van der Waals surface area contributed by atoms with Crippen molar-refractivity contribution in [1.82, 2.24) is 4.90 Å². The molecule has 1 aliphatic heterocycles. The predicted octanol–water partition coefficient (Wildman–Crippen LogP) is 6.01. The molecule has 0 amide bonds. The molecular weight excluding hydrogens is 604 g/mol. The molecule has 0 bridgehead atoms. The van der Waals surface area contributed by atoms with Gasteiger partial charge < -0.3 is 14.2 Å². The average molecular weight is 627 g/mol. The van der Waals surface area contributed by atoms with E-state index in [0.717, 1.165) is 39.3 Å². The quantitative estimate of drug-likeness (QED) is 0.301. The fraction of sp³-hybridized carbons (Fsp3) is 0.250. The largest absolute Gasteiger partial charge is 0.493 e. The molecule has 1 atom stereocenters. The van der Waals surface area contributed by atoms with Crippen LogP contribution in [0.2, 0.25) is 0 Å². The molecule has 0 saturated carbocycles. The van der Waals surface area contributed by atoms with Crippen LogP contribution in [0.5, 0.6) is 11.5 Å². The van der Waals surface area contributed by atoms with Crippen LogP contribution < -0.4 is 9.47 Å². The molecule has 0 radical (unpaired) electrons. The number of ether oxygens (including phenoxy) is 3. The van der Waals surface area contributed by atoms with Crippen LogP contribution in [0.1, 0.15) is 22.8 Å². The van der Waals surface area contributed by atoms with Gasteiger partial charge in [0.25, 0.3) is 0 Å². The van der Waals surface area contributed by atoms with E-state index in [1.165, 1.54) is 9.13 Å². The van der Waals surface area contributed by atoms with Crippen LogP contribution in [0.3, 0.4) is 0 Å². The summed E-state index contributed by atoms with van der Waals surface area (Å²) < 4.78 is 20.2. The highest BCUT2D eigenvalue weighted by molar-refractivity contribution is 14.1. The monoisotopic (exact) mass is 627 g/mol. The van der Waals surface area contributed by atoms with E-state index in [2.05, 4.69) is 92.5 Å². The highest BCUT2D eigenvalue weighted by atomic mass is 127. The lowest BCUT2D eigenvalue weighted by atomic mass is 10.1. The fourth-order valence-corrected chi connectivity index (χ4v) is 4.85. The number of methoxy groups -OCH3 is 1. The van der Waals surface area contributed by atoms with Gasteiger partial charge in [-0.15, -0.1) is 0 Å². The second-order valence-electron chi connectivity index (χ2n) is 7.19. The van der Waals surface area contributed by atoms with Crippen LogP contribution in [0.4, 0.5) is 0 Å². The highest BCUT2D eigenvalue weighted by Gasteiger charge is 2.28. The van der Waals surface area contributed by atoms with Crippen molar-refractivity contribution in [2.45, 2.75) is 19.3 Å². The van der Waals surface area contributed by atoms with Crippen LogP contribution in [-0.4, -0.2) is 25.3 Å². The topological polar surface area (TPSA) is 30.9 Å². The normalized spacial score (nSPS) is 16.6. The summed E-state index contributed by atoms with van der Waals surface area (Å²) in [5, 5.41) is 0. The van der Waals surface area contributed by atoms with Gasteiger partial charge in [-0.05, 0) is 80.1 Å². The third kappa shape index (κ3) is 5.27. The number of hydrogen-bond acceptors (Lipinski definition) is 4. The van der Waals surface area contributed by atoms with E-state index in [1.807, 2.05) is 24.3 Å². The summed E-state index contributed by atoms with van der Waals surface area (Å²) in [6.07, 6.45) is 0.0169. The molecule has 0 aromatic heterocycles. The summed E-state index contributed by atoms with van der Waals surface area (Å²) in [5.41, 5.74) is 3.60. The first kappa shape index (κ1) is 21.9. The van der Waals surface area contributed by atoms with E-state index in [0.29, 0.717) is 13.3 Å². The third-order valence-corrected chi connectivity index (χ3v) is 7.09. The Bertz CT molecular complexity index is 997. The number of hydrogen-bond donors (Lipinski definition) is 0. The summed E-state index contributed by atoms with van der Waals surface area (Å²) in [4.78, 5) is 2.34. The van der Waals surface area contributed by atoms with Crippen LogP contribution >= 0.6 is 45.2 Å². The minimum atomic E-state index is 0.0169. The van der Waals surface area contributed by atoms with E-state index < -0.39 is 0 Å². The maximum Gasteiger partial charge on any atom is 0.162 e. The summed E-state index contributed by atoms with van der Waals surface area (Å²) in [6.45, 7) is 2.87. The van der Waals surface area contributed by atoms with Gasteiger partial charge in [0, 0.05) is 20.2 Å². The minimum absolute atomic E-state index is 0.0169. The SMILES string of the molecule is COc1cc(I)c(C2CN(Cc3ccccc3I)CO2)cc1OCc1ccccc1. The van der Waals surface area contributed by atoms with Crippen molar-refractivity contribution in [3.8, 4) is 11.5 Å². The lowest BCUT2D eigenvalue weighted by Crippen LogP contribution is -2.20. The number of nitrogens with zero attached hydrogens (tertiary/aromatic N) is 1. The molecule has 0 N–H and O–H groups in total. The molecule has 4 nitrogen and oxygen atoms in total. The standard InChI is InChI=1S/C24H23I2NO3/c1-28-22-12-21(26)19(11-23(22)29-15-17-7-3-2-4-8-17)24-14-27(16-30-24)13-18-9-5-6-10-20(18)25/h2-12,24H,13-16H2,1H3. The third-order valence-electron chi connectivity index (χ3n) is 5.10. The molecule has 0 spiro atoms. The second kappa shape index (κ2) is 10.3. The first-order chi connectivity index (χ1) is 14.6. The van der Waals surface area contributed by atoms with Gasteiger partial charge in [-0.3, -0.25) is 4.90 Å². The maximum atomic E-state index is 6.16. The zero-order valence-electron chi connectivity index (χ0n) is 16.7. The number of rotatable bonds is 7. The summed E-state index contributed by atoms with van der Waals surface area (Å²) in [6, 6.07) is 22.8. The first-order valence-corrected chi connectivity index (χ1v) is 11.9. The van der Waals surface area contributed by atoms with Crippen LogP contribution in [-0.2, 0) is 17.9 Å². The number of halogens is 2. The molecule has 0 aliphatic carbocycles. The molecule has 3 aromatic carbocycles. The molecule has 6 heteroatoms. The Hall–Kier alpha value is -1.36. The Kier molecular flexibility index (Phi) is 7.50. The molecule has 1 fully saturated rings. The van der Waals surface area contributed by atoms with E-state index in [9.17, 15) is 0 Å². The fourth-order valence-electron chi connectivity index (χ4n) is 3.51. The van der Waals surface area contributed by atoms with Crippen LogP contribution in [0.25, 0.3) is 0 Å². The smallest absolute Gasteiger partial charge is 0.162 e. The molecule has 4 rings (SSSR count). The van der Waals surface area contributed by atoms with E-state index in [-0.39, 0.29) is 6.10 Å². The van der Waals surface area contributed by atoms with Crippen molar-refractivity contribution in [1.29, 1.82) is 0 Å². The summed E-state index contributed by atoms with van der Waals surface area (Å²) >= 11 is 4.75. The van der Waals surface area contributed by atoms with Crippen molar-refractivity contribution in [2.75, 3.05) is 20.4 Å². The van der Waals surface area contributed by atoms with Crippen molar-refractivity contribution >= 4 is 45.2 Å². The van der Waals surface area contributed by atoms with E-state index in [1.54, 1.807) is 7.11 Å². The molecule has 1 aliphatic rings. The Morgan fingerprint density at radius 2 is 1.73 bits per heavy atom. The van der Waals surface area contributed by atoms with Crippen molar-refractivity contribution in [2.24, 2.45) is 0 Å². The van der Waals surface area contributed by atoms with Gasteiger partial charge in [-0.1, -0.05) is 48.5 Å². The minimum Gasteiger partial charge on any atom is -0.493 e. The Balaban J connectivity index is 1.49.